The molecule has 0 unspecified atom stereocenters. The van der Waals surface area contributed by atoms with E-state index < -0.39 is 6.04 Å². The topological polar surface area (TPSA) is 67.4 Å². The molecule has 0 spiro atoms. The molecule has 0 bridgehead atoms. The molecule has 1 aromatic rings. The maximum Gasteiger partial charge on any atom is 0.247 e. The first-order valence-corrected chi connectivity index (χ1v) is 10.3. The number of benzene rings is 1. The van der Waals surface area contributed by atoms with Gasteiger partial charge in [-0.3, -0.25) is 9.59 Å². The number of hydrogen-bond acceptors (Lipinski definition) is 3. The minimum Gasteiger partial charge on any atom is -0.494 e. The van der Waals surface area contributed by atoms with Crippen molar-refractivity contribution in [2.24, 2.45) is 17.8 Å². The smallest absolute Gasteiger partial charge is 0.247 e. The summed E-state index contributed by atoms with van der Waals surface area (Å²) < 4.78 is 5.43. The van der Waals surface area contributed by atoms with Gasteiger partial charge in [0.25, 0.3) is 0 Å². The highest BCUT2D eigenvalue weighted by Crippen LogP contribution is 2.28. The molecule has 2 rings (SSSR count). The first kappa shape index (κ1) is 21.3. The molecule has 0 saturated heterocycles. The molecule has 0 heterocycles. The van der Waals surface area contributed by atoms with Crippen LogP contribution in [0.2, 0.25) is 0 Å². The van der Waals surface area contributed by atoms with Gasteiger partial charge in [0.05, 0.1) is 6.61 Å². The van der Waals surface area contributed by atoms with Gasteiger partial charge in [-0.1, -0.05) is 27.2 Å². The normalized spacial score (nSPS) is 21.8. The predicted octanol–water partition coefficient (Wildman–Crippen LogP) is 4.38. The van der Waals surface area contributed by atoms with Crippen LogP contribution in [0.15, 0.2) is 24.3 Å². The van der Waals surface area contributed by atoms with E-state index in [0.29, 0.717) is 18.2 Å². The van der Waals surface area contributed by atoms with Crippen molar-refractivity contribution in [1.82, 2.24) is 5.32 Å². The van der Waals surface area contributed by atoms with E-state index in [9.17, 15) is 9.59 Å². The van der Waals surface area contributed by atoms with E-state index in [0.717, 1.165) is 37.9 Å². The molecule has 1 fully saturated rings. The fraction of sp³-hybridized carbons (Fsp3) is 0.636. The van der Waals surface area contributed by atoms with Crippen molar-refractivity contribution < 1.29 is 14.3 Å². The largest absolute Gasteiger partial charge is 0.494 e. The van der Waals surface area contributed by atoms with Crippen LogP contribution < -0.4 is 15.4 Å². The predicted molar refractivity (Wildman–Crippen MR) is 109 cm³/mol. The van der Waals surface area contributed by atoms with Crippen LogP contribution in [0.5, 0.6) is 5.75 Å². The van der Waals surface area contributed by atoms with Gasteiger partial charge in [0, 0.05) is 11.6 Å². The second kappa shape index (κ2) is 10.3. The minimum absolute atomic E-state index is 0.0223. The zero-order chi connectivity index (χ0) is 19.8. The standard InChI is InChI=1S/C22H34N2O3/c1-5-16(4)20(24-21(25)17-9-7-15(3)8-10-17)22(26)23-18-11-13-19(14-12-18)27-6-2/h11-17,20H,5-10H2,1-4H3,(H,23,26)(H,24,25)/t15?,16-,17?,20+/m0/s1. The summed E-state index contributed by atoms with van der Waals surface area (Å²) in [4.78, 5) is 25.5. The quantitative estimate of drug-likeness (QED) is 0.709. The molecule has 1 aliphatic rings. The van der Waals surface area contributed by atoms with Crippen LogP contribution in [0, 0.1) is 17.8 Å². The van der Waals surface area contributed by atoms with E-state index in [2.05, 4.69) is 17.6 Å². The highest BCUT2D eigenvalue weighted by Gasteiger charge is 2.30. The summed E-state index contributed by atoms with van der Waals surface area (Å²) in [5.41, 5.74) is 0.706. The summed E-state index contributed by atoms with van der Waals surface area (Å²) in [5, 5.41) is 5.96. The Morgan fingerprint density at radius 1 is 1.11 bits per heavy atom. The Hall–Kier alpha value is -2.04. The first-order valence-electron chi connectivity index (χ1n) is 10.3. The lowest BCUT2D eigenvalue weighted by atomic mass is 9.82. The molecule has 2 N–H and O–H groups in total. The van der Waals surface area contributed by atoms with Crippen LogP contribution in [0.25, 0.3) is 0 Å². The maximum absolute atomic E-state index is 12.8. The van der Waals surface area contributed by atoms with Gasteiger partial charge in [-0.2, -0.15) is 0 Å². The third-order valence-electron chi connectivity index (χ3n) is 5.61. The molecular weight excluding hydrogens is 340 g/mol. The van der Waals surface area contributed by atoms with Gasteiger partial charge in [-0.15, -0.1) is 0 Å². The van der Waals surface area contributed by atoms with Crippen LogP contribution in [-0.4, -0.2) is 24.5 Å². The zero-order valence-corrected chi connectivity index (χ0v) is 17.1. The number of amides is 2. The van der Waals surface area contributed by atoms with Crippen molar-refractivity contribution in [2.45, 2.75) is 65.8 Å². The molecule has 2 atom stereocenters. The van der Waals surface area contributed by atoms with Crippen molar-refractivity contribution in [3.8, 4) is 5.75 Å². The molecule has 5 nitrogen and oxygen atoms in total. The van der Waals surface area contributed by atoms with E-state index in [-0.39, 0.29) is 23.7 Å². The monoisotopic (exact) mass is 374 g/mol. The molecule has 2 amide bonds. The molecular formula is C22H34N2O3. The molecule has 27 heavy (non-hydrogen) atoms. The van der Waals surface area contributed by atoms with Gasteiger partial charge >= 0.3 is 0 Å². The van der Waals surface area contributed by atoms with Crippen LogP contribution >= 0.6 is 0 Å². The van der Waals surface area contributed by atoms with E-state index in [1.165, 1.54) is 0 Å². The lowest BCUT2D eigenvalue weighted by molar-refractivity contribution is -0.131. The Labute approximate surface area is 163 Å². The molecule has 1 saturated carbocycles. The fourth-order valence-electron chi connectivity index (χ4n) is 3.52. The lowest BCUT2D eigenvalue weighted by Gasteiger charge is -2.29. The van der Waals surface area contributed by atoms with Gasteiger partial charge in [0.2, 0.25) is 11.8 Å². The number of hydrogen-bond donors (Lipinski definition) is 2. The zero-order valence-electron chi connectivity index (χ0n) is 17.1. The Balaban J connectivity index is 1.99. The average Bonchev–Trinajstić information content (AvgIpc) is 2.67. The van der Waals surface area contributed by atoms with Gasteiger partial charge < -0.3 is 15.4 Å². The van der Waals surface area contributed by atoms with Gasteiger partial charge in [-0.25, -0.2) is 0 Å². The molecule has 0 aromatic heterocycles. The summed E-state index contributed by atoms with van der Waals surface area (Å²) >= 11 is 0. The van der Waals surface area contributed by atoms with Crippen molar-refractivity contribution in [3.05, 3.63) is 24.3 Å². The van der Waals surface area contributed by atoms with Crippen LogP contribution in [0.4, 0.5) is 5.69 Å². The molecule has 1 aliphatic carbocycles. The van der Waals surface area contributed by atoms with E-state index in [1.54, 1.807) is 0 Å². The maximum atomic E-state index is 12.8. The lowest BCUT2D eigenvalue weighted by Crippen LogP contribution is -2.49. The van der Waals surface area contributed by atoms with Gasteiger partial charge in [0.15, 0.2) is 0 Å². The van der Waals surface area contributed by atoms with Crippen molar-refractivity contribution >= 4 is 17.5 Å². The second-order valence-electron chi connectivity index (χ2n) is 7.78. The second-order valence-corrected chi connectivity index (χ2v) is 7.78. The molecule has 5 heteroatoms. The van der Waals surface area contributed by atoms with Gasteiger partial charge in [-0.05, 0) is 68.7 Å². The average molecular weight is 375 g/mol. The number of nitrogens with one attached hydrogen (secondary N) is 2. The number of carbonyl (C=O) groups is 2. The number of anilines is 1. The van der Waals surface area contributed by atoms with E-state index >= 15 is 0 Å². The van der Waals surface area contributed by atoms with Crippen LogP contribution in [-0.2, 0) is 9.59 Å². The van der Waals surface area contributed by atoms with Crippen LogP contribution in [0.1, 0.15) is 59.8 Å². The number of carbonyl (C=O) groups excluding carboxylic acids is 2. The minimum atomic E-state index is -0.520. The molecule has 1 aromatic carbocycles. The number of rotatable bonds is 8. The van der Waals surface area contributed by atoms with Gasteiger partial charge in [0.1, 0.15) is 11.8 Å². The third-order valence-corrected chi connectivity index (χ3v) is 5.61. The first-order chi connectivity index (χ1) is 12.9. The Morgan fingerprint density at radius 3 is 2.30 bits per heavy atom. The van der Waals surface area contributed by atoms with E-state index in [1.807, 2.05) is 45.0 Å². The number of ether oxygens (including phenoxy) is 1. The Morgan fingerprint density at radius 2 is 1.74 bits per heavy atom. The van der Waals surface area contributed by atoms with E-state index in [4.69, 9.17) is 4.74 Å². The Kier molecular flexibility index (Phi) is 8.14. The van der Waals surface area contributed by atoms with Crippen molar-refractivity contribution in [2.75, 3.05) is 11.9 Å². The van der Waals surface area contributed by atoms with Crippen LogP contribution in [0.3, 0.4) is 0 Å². The van der Waals surface area contributed by atoms with Crippen molar-refractivity contribution in [3.63, 3.8) is 0 Å². The summed E-state index contributed by atoms with van der Waals surface area (Å²) in [6, 6.07) is 6.79. The van der Waals surface area contributed by atoms with Crippen molar-refractivity contribution in [1.29, 1.82) is 0 Å². The Bertz CT molecular complexity index is 606. The highest BCUT2D eigenvalue weighted by atomic mass is 16.5. The highest BCUT2D eigenvalue weighted by molar-refractivity contribution is 5.97. The fourth-order valence-corrected chi connectivity index (χ4v) is 3.52. The summed E-state index contributed by atoms with van der Waals surface area (Å²) in [6.45, 7) is 8.82. The molecule has 0 radical (unpaired) electrons. The summed E-state index contributed by atoms with van der Waals surface area (Å²) in [6.07, 6.45) is 4.83. The SMILES string of the molecule is CCOc1ccc(NC(=O)[C@H](NC(=O)C2CCC(C)CC2)[C@@H](C)CC)cc1. The summed E-state index contributed by atoms with van der Waals surface area (Å²) in [5.74, 6) is 1.43. The third kappa shape index (κ3) is 6.26. The molecule has 0 aliphatic heterocycles. The molecule has 150 valence electrons. The summed E-state index contributed by atoms with van der Waals surface area (Å²) in [7, 11) is 0.